The molecule has 0 N–H and O–H groups in total. The zero-order valence-electron chi connectivity index (χ0n) is 10.0. The van der Waals surface area contributed by atoms with E-state index in [2.05, 4.69) is 14.0 Å². The molecule has 0 spiro atoms. The fourth-order valence-electron chi connectivity index (χ4n) is 0.637. The molecule has 6 heteroatoms. The standard InChI is InChI=1S/C10H18O6/c1-7(2)5-13-9(11)15-10(16-12)14-6-8(3)4/h7-8H,5-6H2,1-4H3. The Hall–Kier alpha value is -1.46. The van der Waals surface area contributed by atoms with Gasteiger partial charge in [0.25, 0.3) is 0 Å². The van der Waals surface area contributed by atoms with Gasteiger partial charge in [0, 0.05) is 5.92 Å². The van der Waals surface area contributed by atoms with Gasteiger partial charge in [-0.15, -0.1) is 0 Å². The smallest absolute Gasteiger partial charge is 0.628 e. The van der Waals surface area contributed by atoms with E-state index in [0.29, 0.717) is 0 Å². The monoisotopic (exact) mass is 234 g/mol. The van der Waals surface area contributed by atoms with E-state index in [9.17, 15) is 10.1 Å². The van der Waals surface area contributed by atoms with Crippen LogP contribution in [-0.2, 0) is 14.2 Å². The lowest BCUT2D eigenvalue weighted by Gasteiger charge is -2.03. The third-order valence-corrected chi connectivity index (χ3v) is 1.30. The van der Waals surface area contributed by atoms with Crippen molar-refractivity contribution in [3.63, 3.8) is 0 Å². The van der Waals surface area contributed by atoms with Gasteiger partial charge < -0.3 is 14.7 Å². The van der Waals surface area contributed by atoms with Gasteiger partial charge in [-0.3, -0.25) is 4.58 Å². The minimum absolute atomic E-state index is 0.181. The van der Waals surface area contributed by atoms with Crippen molar-refractivity contribution < 1.29 is 28.8 Å². The van der Waals surface area contributed by atoms with Crippen molar-refractivity contribution in [3.8, 4) is 0 Å². The summed E-state index contributed by atoms with van der Waals surface area (Å²) in [6.07, 6.45) is -1.74. The number of ether oxygens (including phenoxy) is 3. The summed E-state index contributed by atoms with van der Waals surface area (Å²) in [6.45, 7) is 7.91. The summed E-state index contributed by atoms with van der Waals surface area (Å²) in [5.74, 6) is 0.362. The Bertz CT molecular complexity index is 233. The second kappa shape index (κ2) is 7.78. The maximum Gasteiger partial charge on any atom is 0.735 e. The van der Waals surface area contributed by atoms with E-state index in [1.54, 1.807) is 0 Å². The summed E-state index contributed by atoms with van der Waals surface area (Å²) >= 11 is 0. The summed E-state index contributed by atoms with van der Waals surface area (Å²) in [5, 5.41) is 10.1. The second-order valence-electron chi connectivity index (χ2n) is 4.10. The molecule has 0 aromatic carbocycles. The Labute approximate surface area is 94.7 Å². The fourth-order valence-corrected chi connectivity index (χ4v) is 0.637. The van der Waals surface area contributed by atoms with Crippen molar-refractivity contribution in [2.45, 2.75) is 27.7 Å². The lowest BCUT2D eigenvalue weighted by atomic mass is 10.2. The van der Waals surface area contributed by atoms with Crippen LogP contribution in [0.15, 0.2) is 0 Å². The Balaban J connectivity index is 3.89. The third-order valence-electron chi connectivity index (χ3n) is 1.30. The molecule has 0 aliphatic rings. The Morgan fingerprint density at radius 2 is 1.62 bits per heavy atom. The van der Waals surface area contributed by atoms with E-state index in [1.807, 2.05) is 27.7 Å². The Morgan fingerprint density at radius 3 is 2.06 bits per heavy atom. The largest absolute Gasteiger partial charge is 0.735 e. The molecule has 0 atom stereocenters. The van der Waals surface area contributed by atoms with E-state index in [4.69, 9.17) is 4.74 Å². The maximum atomic E-state index is 11.0. The van der Waals surface area contributed by atoms with Gasteiger partial charge in [-0.05, 0) is 5.92 Å². The van der Waals surface area contributed by atoms with Crippen molar-refractivity contribution in [1.29, 1.82) is 0 Å². The van der Waals surface area contributed by atoms with Crippen LogP contribution in [0.25, 0.3) is 0 Å². The molecule has 0 aromatic rings. The zero-order chi connectivity index (χ0) is 12.6. The molecule has 0 aromatic heterocycles. The first-order chi connectivity index (χ1) is 7.45. The van der Waals surface area contributed by atoms with Crippen molar-refractivity contribution in [1.82, 2.24) is 0 Å². The summed E-state index contributed by atoms with van der Waals surface area (Å²) in [7, 11) is 0. The molecule has 0 heterocycles. The van der Waals surface area contributed by atoms with Crippen LogP contribution in [0.3, 0.4) is 0 Å². The molecule has 0 saturated heterocycles. The van der Waals surface area contributed by atoms with Crippen LogP contribution in [0.2, 0.25) is 0 Å². The van der Waals surface area contributed by atoms with Crippen molar-refractivity contribution in [2.75, 3.05) is 13.2 Å². The van der Waals surface area contributed by atoms with Gasteiger partial charge in [0.2, 0.25) is 0 Å². The highest BCUT2D eigenvalue weighted by Gasteiger charge is 2.25. The average Bonchev–Trinajstić information content (AvgIpc) is 2.20. The van der Waals surface area contributed by atoms with Gasteiger partial charge in [-0.2, -0.15) is 4.79 Å². The van der Waals surface area contributed by atoms with Crippen molar-refractivity contribution in [3.05, 3.63) is 0 Å². The lowest BCUT2D eigenvalue weighted by Crippen LogP contribution is -2.20. The third kappa shape index (κ3) is 7.90. The van der Waals surface area contributed by atoms with Gasteiger partial charge in [-0.25, -0.2) is 4.74 Å². The molecule has 0 aliphatic carbocycles. The van der Waals surface area contributed by atoms with Crippen LogP contribution in [0, 0.1) is 11.8 Å². The van der Waals surface area contributed by atoms with Gasteiger partial charge >= 0.3 is 12.3 Å². The van der Waals surface area contributed by atoms with E-state index in [0.717, 1.165) is 0 Å². The summed E-state index contributed by atoms with van der Waals surface area (Å²) in [6, 6.07) is 0. The van der Waals surface area contributed by atoms with Gasteiger partial charge in [0.05, 0.1) is 6.61 Å². The highest BCUT2D eigenvalue weighted by Crippen LogP contribution is 1.99. The molecule has 0 unspecified atom stereocenters. The van der Waals surface area contributed by atoms with Crippen LogP contribution < -0.4 is 5.26 Å². The molecule has 0 aliphatic heterocycles. The molecule has 0 amide bonds. The van der Waals surface area contributed by atoms with Gasteiger partial charge in [-0.1, -0.05) is 27.7 Å². The number of carbonyl (C=O) groups excluding carboxylic acids is 2. The van der Waals surface area contributed by atoms with E-state index in [1.165, 1.54) is 0 Å². The first-order valence-corrected chi connectivity index (χ1v) is 5.09. The van der Waals surface area contributed by atoms with Crippen LogP contribution in [0.5, 0.6) is 0 Å². The molecule has 0 fully saturated rings. The highest BCUT2D eigenvalue weighted by molar-refractivity contribution is 5.76. The highest BCUT2D eigenvalue weighted by atomic mass is 17.1. The molecule has 0 rings (SSSR count). The molecule has 6 nitrogen and oxygen atoms in total. The van der Waals surface area contributed by atoms with Crippen molar-refractivity contribution >= 4 is 12.3 Å². The molecule has 94 valence electrons. The average molecular weight is 234 g/mol. The lowest BCUT2D eigenvalue weighted by molar-refractivity contribution is -0.869. The quantitative estimate of drug-likeness (QED) is 0.241. The molecule has 16 heavy (non-hydrogen) atoms. The number of hydrogen-bond acceptors (Lipinski definition) is 5. The normalized spacial score (nSPS) is 11.8. The number of rotatable bonds is 4. The summed E-state index contributed by atoms with van der Waals surface area (Å²) < 4.78 is 17.3. The predicted octanol–water partition coefficient (Wildman–Crippen LogP) is 1.40. The molecular weight excluding hydrogens is 216 g/mol. The molecule has 0 radical (unpaired) electrons. The molecule has 0 bridgehead atoms. The SMILES string of the molecule is CC(C)COC(=O)OC(OCC(C)C)=[O+][O-]. The zero-order valence-corrected chi connectivity index (χ0v) is 10.0. The van der Waals surface area contributed by atoms with Gasteiger partial charge in [0.1, 0.15) is 0 Å². The van der Waals surface area contributed by atoms with Crippen LogP contribution >= 0.6 is 0 Å². The number of hydrogen-bond donors (Lipinski definition) is 0. The summed E-state index contributed by atoms with van der Waals surface area (Å²) in [4.78, 5) is 11.0. The van der Waals surface area contributed by atoms with Crippen LogP contribution in [0.4, 0.5) is 9.37 Å². The van der Waals surface area contributed by atoms with E-state index >= 15 is 0 Å². The Morgan fingerprint density at radius 1 is 1.12 bits per heavy atom. The van der Waals surface area contributed by atoms with E-state index in [-0.39, 0.29) is 25.0 Å². The van der Waals surface area contributed by atoms with Crippen LogP contribution in [-0.4, -0.2) is 25.5 Å². The molecule has 0 saturated carbocycles. The first-order valence-electron chi connectivity index (χ1n) is 5.09. The minimum atomic E-state index is -1.01. The second-order valence-corrected chi connectivity index (χ2v) is 4.10. The Kier molecular flexibility index (Phi) is 7.07. The topological polar surface area (TPSA) is 79.1 Å². The van der Waals surface area contributed by atoms with Crippen LogP contribution in [0.1, 0.15) is 27.7 Å². The minimum Gasteiger partial charge on any atom is -0.628 e. The first kappa shape index (κ1) is 14.5. The van der Waals surface area contributed by atoms with E-state index < -0.39 is 12.3 Å². The maximum absolute atomic E-state index is 11.0. The van der Waals surface area contributed by atoms with Crippen molar-refractivity contribution in [2.24, 2.45) is 11.8 Å². The number of carbonyl (C=O) groups is 1. The molecular formula is C10H18O6. The predicted molar refractivity (Wildman–Crippen MR) is 53.5 cm³/mol. The summed E-state index contributed by atoms with van der Waals surface area (Å²) in [5.41, 5.74) is 0. The fraction of sp³-hybridized carbons (Fsp3) is 0.800. The van der Waals surface area contributed by atoms with Gasteiger partial charge in [0.15, 0.2) is 6.61 Å².